The molecule has 0 fully saturated rings. The van der Waals surface area contributed by atoms with Gasteiger partial charge in [-0.1, -0.05) is 0 Å². The summed E-state index contributed by atoms with van der Waals surface area (Å²) in [5, 5.41) is 2.66. The highest BCUT2D eigenvalue weighted by Crippen LogP contribution is 2.01. The Morgan fingerprint density at radius 3 is 2.92 bits per heavy atom. The van der Waals surface area contributed by atoms with Crippen LogP contribution in [0.1, 0.15) is 0 Å². The van der Waals surface area contributed by atoms with E-state index in [0.717, 1.165) is 0 Å². The summed E-state index contributed by atoms with van der Waals surface area (Å²) in [7, 11) is 0. The lowest BCUT2D eigenvalue weighted by atomic mass is 10.5. The zero-order chi connectivity index (χ0) is 8.97. The van der Waals surface area contributed by atoms with Gasteiger partial charge in [0.05, 0.1) is 18.9 Å². The lowest BCUT2D eigenvalue weighted by Crippen LogP contribution is -2.22. The third kappa shape index (κ3) is 2.41. The van der Waals surface area contributed by atoms with Gasteiger partial charge in [0.15, 0.2) is 0 Å². The van der Waals surface area contributed by atoms with Crippen LogP contribution in [0, 0.1) is 0 Å². The number of carbonyl (C=O) groups is 1. The molecule has 0 aliphatic carbocycles. The topological polar surface area (TPSA) is 107 Å². The zero-order valence-electron chi connectivity index (χ0n) is 6.32. The van der Waals surface area contributed by atoms with E-state index in [0.29, 0.717) is 11.6 Å². The molecule has 1 amide bonds. The van der Waals surface area contributed by atoms with Crippen molar-refractivity contribution in [2.75, 3.05) is 17.6 Å². The first-order chi connectivity index (χ1) is 5.68. The number of amides is 1. The monoisotopic (exact) mass is 167 g/mol. The first kappa shape index (κ1) is 8.25. The van der Waals surface area contributed by atoms with Crippen molar-refractivity contribution in [3.05, 3.63) is 12.4 Å². The predicted molar refractivity (Wildman–Crippen MR) is 44.1 cm³/mol. The number of anilines is 2. The number of rotatable bonds is 3. The van der Waals surface area contributed by atoms with Crippen molar-refractivity contribution in [3.8, 4) is 0 Å². The van der Waals surface area contributed by atoms with Crippen LogP contribution in [0.25, 0.3) is 0 Å². The number of primary amides is 1. The molecule has 0 atom stereocenters. The molecule has 5 N–H and O–H groups in total. The van der Waals surface area contributed by atoms with E-state index in [1.807, 2.05) is 0 Å². The highest BCUT2D eigenvalue weighted by atomic mass is 16.1. The van der Waals surface area contributed by atoms with Crippen LogP contribution in [-0.4, -0.2) is 22.4 Å². The maximum atomic E-state index is 10.3. The van der Waals surface area contributed by atoms with Gasteiger partial charge in [0.2, 0.25) is 5.91 Å². The summed E-state index contributed by atoms with van der Waals surface area (Å²) in [5.41, 5.74) is 10.2. The van der Waals surface area contributed by atoms with Crippen LogP contribution in [0.2, 0.25) is 0 Å². The first-order valence-corrected chi connectivity index (χ1v) is 3.28. The van der Waals surface area contributed by atoms with E-state index in [4.69, 9.17) is 11.5 Å². The fraction of sp³-hybridized carbons (Fsp3) is 0.167. The highest BCUT2D eigenvalue weighted by Gasteiger charge is 1.96. The van der Waals surface area contributed by atoms with E-state index < -0.39 is 5.91 Å². The van der Waals surface area contributed by atoms with Crippen molar-refractivity contribution >= 4 is 17.5 Å². The second-order valence-corrected chi connectivity index (χ2v) is 2.15. The third-order valence-corrected chi connectivity index (χ3v) is 1.10. The van der Waals surface area contributed by atoms with Crippen molar-refractivity contribution in [2.24, 2.45) is 5.73 Å². The van der Waals surface area contributed by atoms with Gasteiger partial charge < -0.3 is 16.8 Å². The minimum absolute atomic E-state index is 0.0259. The molecule has 0 aromatic carbocycles. The van der Waals surface area contributed by atoms with Gasteiger partial charge in [0.1, 0.15) is 11.6 Å². The minimum Gasteiger partial charge on any atom is -0.382 e. The average Bonchev–Trinajstić information content (AvgIpc) is 2.01. The Morgan fingerprint density at radius 2 is 2.33 bits per heavy atom. The molecule has 1 rings (SSSR count). The van der Waals surface area contributed by atoms with Crippen LogP contribution in [0.15, 0.2) is 12.4 Å². The number of nitrogens with one attached hydrogen (secondary N) is 1. The lowest BCUT2D eigenvalue weighted by molar-refractivity contribution is -0.116. The molecule has 1 aromatic heterocycles. The molecule has 0 unspecified atom stereocenters. The van der Waals surface area contributed by atoms with E-state index >= 15 is 0 Å². The summed E-state index contributed by atoms with van der Waals surface area (Å²) in [5.74, 6) is 0.275. The maximum Gasteiger partial charge on any atom is 0.236 e. The quantitative estimate of drug-likeness (QED) is 0.532. The Balaban J connectivity index is 2.57. The molecule has 0 aliphatic heterocycles. The number of carbonyl (C=O) groups excluding carboxylic acids is 1. The number of hydrogen-bond acceptors (Lipinski definition) is 5. The molecule has 1 heterocycles. The van der Waals surface area contributed by atoms with Gasteiger partial charge in [-0.25, -0.2) is 4.98 Å². The van der Waals surface area contributed by atoms with Gasteiger partial charge in [-0.2, -0.15) is 0 Å². The minimum atomic E-state index is -0.459. The molecule has 0 radical (unpaired) electrons. The Labute approximate surface area is 69.0 Å². The van der Waals surface area contributed by atoms with Crippen LogP contribution < -0.4 is 16.8 Å². The van der Waals surface area contributed by atoms with E-state index in [1.165, 1.54) is 12.4 Å². The lowest BCUT2D eigenvalue weighted by Gasteiger charge is -2.01. The molecule has 0 saturated carbocycles. The predicted octanol–water partition coefficient (Wildman–Crippen LogP) is -1.04. The van der Waals surface area contributed by atoms with E-state index in [9.17, 15) is 4.79 Å². The van der Waals surface area contributed by atoms with Gasteiger partial charge >= 0.3 is 0 Å². The van der Waals surface area contributed by atoms with Crippen molar-refractivity contribution in [2.45, 2.75) is 0 Å². The molecule has 0 spiro atoms. The van der Waals surface area contributed by atoms with Crippen molar-refractivity contribution < 1.29 is 4.79 Å². The Kier molecular flexibility index (Phi) is 2.42. The molecular formula is C6H9N5O. The first-order valence-electron chi connectivity index (χ1n) is 3.28. The van der Waals surface area contributed by atoms with Gasteiger partial charge in [0.25, 0.3) is 0 Å². The Morgan fingerprint density at radius 1 is 1.58 bits per heavy atom. The third-order valence-electron chi connectivity index (χ3n) is 1.10. The Hall–Kier alpha value is -1.85. The van der Waals surface area contributed by atoms with Crippen LogP contribution in [0.3, 0.4) is 0 Å². The average molecular weight is 167 g/mol. The Bertz CT molecular complexity index is 287. The SMILES string of the molecule is NC(=O)CNc1cncc(N)n1. The van der Waals surface area contributed by atoms with E-state index in [1.54, 1.807) is 0 Å². The largest absolute Gasteiger partial charge is 0.382 e. The molecule has 12 heavy (non-hydrogen) atoms. The summed E-state index contributed by atoms with van der Waals surface area (Å²) >= 11 is 0. The smallest absolute Gasteiger partial charge is 0.236 e. The summed E-state index contributed by atoms with van der Waals surface area (Å²) in [4.78, 5) is 17.9. The summed E-state index contributed by atoms with van der Waals surface area (Å²) in [6, 6.07) is 0. The number of nitrogens with zero attached hydrogens (tertiary/aromatic N) is 2. The fourth-order valence-electron chi connectivity index (χ4n) is 0.644. The molecule has 1 aromatic rings. The molecule has 0 bridgehead atoms. The second kappa shape index (κ2) is 3.51. The molecule has 6 heteroatoms. The standard InChI is InChI=1S/C6H9N5O/c7-4-1-9-3-6(11-4)10-2-5(8)12/h1,3H,2H2,(H2,8,12)(H3,7,10,11). The normalized spacial score (nSPS) is 9.33. The zero-order valence-corrected chi connectivity index (χ0v) is 6.32. The van der Waals surface area contributed by atoms with Crippen LogP contribution in [0.4, 0.5) is 11.6 Å². The number of nitrogen functional groups attached to an aromatic ring is 1. The highest BCUT2D eigenvalue weighted by molar-refractivity contribution is 5.78. The van der Waals surface area contributed by atoms with Crippen molar-refractivity contribution in [1.29, 1.82) is 0 Å². The summed E-state index contributed by atoms with van der Waals surface area (Å²) in [6.07, 6.45) is 2.87. The van der Waals surface area contributed by atoms with Gasteiger partial charge in [-0.05, 0) is 0 Å². The van der Waals surface area contributed by atoms with Gasteiger partial charge in [-0.15, -0.1) is 0 Å². The van der Waals surface area contributed by atoms with E-state index in [-0.39, 0.29) is 6.54 Å². The molecule has 0 aliphatic rings. The maximum absolute atomic E-state index is 10.3. The molecule has 64 valence electrons. The van der Waals surface area contributed by atoms with Crippen molar-refractivity contribution in [1.82, 2.24) is 9.97 Å². The van der Waals surface area contributed by atoms with Gasteiger partial charge in [-0.3, -0.25) is 9.78 Å². The number of aromatic nitrogens is 2. The fourth-order valence-corrected chi connectivity index (χ4v) is 0.644. The van der Waals surface area contributed by atoms with Crippen molar-refractivity contribution in [3.63, 3.8) is 0 Å². The summed E-state index contributed by atoms with van der Waals surface area (Å²) in [6.45, 7) is 0.0259. The molecule has 0 saturated heterocycles. The summed E-state index contributed by atoms with van der Waals surface area (Å²) < 4.78 is 0. The van der Waals surface area contributed by atoms with E-state index in [2.05, 4.69) is 15.3 Å². The second-order valence-electron chi connectivity index (χ2n) is 2.15. The van der Waals surface area contributed by atoms with Crippen LogP contribution in [0.5, 0.6) is 0 Å². The van der Waals surface area contributed by atoms with Gasteiger partial charge in [0, 0.05) is 0 Å². The number of nitrogens with two attached hydrogens (primary N) is 2. The van der Waals surface area contributed by atoms with Crippen LogP contribution in [-0.2, 0) is 4.79 Å². The molecule has 6 nitrogen and oxygen atoms in total. The number of hydrogen-bond donors (Lipinski definition) is 3. The molecular weight excluding hydrogens is 158 g/mol. The van der Waals surface area contributed by atoms with Crippen LogP contribution >= 0.6 is 0 Å².